The Hall–Kier alpha value is -3.21. The van der Waals surface area contributed by atoms with Crippen molar-refractivity contribution in [2.45, 2.75) is 33.9 Å². The van der Waals surface area contributed by atoms with E-state index in [0.717, 1.165) is 16.7 Å². The van der Waals surface area contributed by atoms with Gasteiger partial charge in [-0.1, -0.05) is 53.6 Å². The highest BCUT2D eigenvalue weighted by Gasteiger charge is 2.09. The average molecular weight is 361 g/mol. The van der Waals surface area contributed by atoms with Crippen molar-refractivity contribution >= 4 is 5.91 Å². The van der Waals surface area contributed by atoms with Crippen LogP contribution in [0, 0.1) is 20.8 Å². The molecule has 5 heteroatoms. The van der Waals surface area contributed by atoms with E-state index in [4.69, 9.17) is 0 Å². The van der Waals surface area contributed by atoms with Gasteiger partial charge in [-0.05, 0) is 38.0 Å². The quantitative estimate of drug-likeness (QED) is 0.759. The van der Waals surface area contributed by atoms with Crippen LogP contribution in [0.25, 0.3) is 11.3 Å². The topological polar surface area (TPSA) is 64.0 Å². The Bertz CT molecular complexity index is 1020. The summed E-state index contributed by atoms with van der Waals surface area (Å²) in [6.45, 7) is 6.37. The number of amides is 1. The van der Waals surface area contributed by atoms with Gasteiger partial charge in [0.05, 0.1) is 5.69 Å². The van der Waals surface area contributed by atoms with Crippen molar-refractivity contribution in [2.24, 2.45) is 0 Å². The summed E-state index contributed by atoms with van der Waals surface area (Å²) in [5, 5.41) is 7.22. The van der Waals surface area contributed by atoms with Gasteiger partial charge in [-0.15, -0.1) is 0 Å². The van der Waals surface area contributed by atoms with Crippen LogP contribution in [-0.4, -0.2) is 15.7 Å². The zero-order chi connectivity index (χ0) is 19.4. The van der Waals surface area contributed by atoms with Crippen LogP contribution >= 0.6 is 0 Å². The number of aromatic nitrogens is 2. The molecule has 0 aliphatic rings. The molecule has 1 aromatic heterocycles. The third-order valence-electron chi connectivity index (χ3n) is 4.43. The first-order valence-corrected chi connectivity index (χ1v) is 8.90. The fraction of sp³-hybridized carbons (Fsp3) is 0.227. The molecule has 0 radical (unpaired) electrons. The van der Waals surface area contributed by atoms with Gasteiger partial charge >= 0.3 is 0 Å². The molecule has 2 aromatic carbocycles. The number of benzene rings is 2. The van der Waals surface area contributed by atoms with Crippen LogP contribution in [0.4, 0.5) is 0 Å². The van der Waals surface area contributed by atoms with E-state index in [9.17, 15) is 9.59 Å². The van der Waals surface area contributed by atoms with E-state index in [1.165, 1.54) is 21.9 Å². The van der Waals surface area contributed by atoms with E-state index in [-0.39, 0.29) is 18.0 Å². The monoisotopic (exact) mass is 361 g/mol. The zero-order valence-electron chi connectivity index (χ0n) is 15.8. The normalized spacial score (nSPS) is 10.6. The number of rotatable bonds is 5. The molecule has 138 valence electrons. The number of hydrogen-bond donors (Lipinski definition) is 1. The number of nitrogens with one attached hydrogen (secondary N) is 1. The highest BCUT2D eigenvalue weighted by molar-refractivity contribution is 5.75. The summed E-state index contributed by atoms with van der Waals surface area (Å²) in [4.78, 5) is 24.4. The molecule has 3 aromatic rings. The third kappa shape index (κ3) is 4.70. The molecule has 0 unspecified atom stereocenters. The molecular formula is C22H23N3O2. The summed E-state index contributed by atoms with van der Waals surface area (Å²) in [5.41, 5.74) is 5.76. The molecule has 1 amide bonds. The first-order chi connectivity index (χ1) is 12.9. The number of nitrogens with zero attached hydrogens (tertiary/aromatic N) is 2. The maximum Gasteiger partial charge on any atom is 0.267 e. The summed E-state index contributed by atoms with van der Waals surface area (Å²) < 4.78 is 1.21. The molecular weight excluding hydrogens is 338 g/mol. The number of carbonyl (C=O) groups is 1. The predicted octanol–water partition coefficient (Wildman–Crippen LogP) is 3.15. The van der Waals surface area contributed by atoms with Crippen LogP contribution in [0.2, 0.25) is 0 Å². The van der Waals surface area contributed by atoms with Crippen LogP contribution in [0.3, 0.4) is 0 Å². The molecule has 0 fully saturated rings. The standard InChI is InChI=1S/C22H23N3O2/c1-15-4-7-18(8-5-15)13-23-21(26)14-25-22(27)11-10-20(24-25)19-9-6-16(2)12-17(19)3/h4-12H,13-14H2,1-3H3,(H,23,26). The molecule has 0 bridgehead atoms. The summed E-state index contributed by atoms with van der Waals surface area (Å²) in [6.07, 6.45) is 0. The second-order valence-corrected chi connectivity index (χ2v) is 6.80. The summed E-state index contributed by atoms with van der Waals surface area (Å²) in [7, 11) is 0. The molecule has 0 aliphatic carbocycles. The van der Waals surface area contributed by atoms with Crippen molar-refractivity contribution in [3.63, 3.8) is 0 Å². The van der Waals surface area contributed by atoms with Gasteiger partial charge in [-0.25, -0.2) is 4.68 Å². The zero-order valence-corrected chi connectivity index (χ0v) is 15.8. The van der Waals surface area contributed by atoms with E-state index in [2.05, 4.69) is 16.5 Å². The van der Waals surface area contributed by atoms with Gasteiger partial charge in [0.15, 0.2) is 0 Å². The SMILES string of the molecule is Cc1ccc(CNC(=O)Cn2nc(-c3ccc(C)cc3C)ccc2=O)cc1. The largest absolute Gasteiger partial charge is 0.350 e. The van der Waals surface area contributed by atoms with E-state index < -0.39 is 0 Å². The highest BCUT2D eigenvalue weighted by Crippen LogP contribution is 2.21. The molecule has 0 spiro atoms. The van der Waals surface area contributed by atoms with Gasteiger partial charge in [0.25, 0.3) is 5.56 Å². The maximum absolute atomic E-state index is 12.3. The second-order valence-electron chi connectivity index (χ2n) is 6.80. The third-order valence-corrected chi connectivity index (χ3v) is 4.43. The lowest BCUT2D eigenvalue weighted by Crippen LogP contribution is -2.33. The Morgan fingerprint density at radius 3 is 2.37 bits per heavy atom. The Morgan fingerprint density at radius 1 is 0.963 bits per heavy atom. The van der Waals surface area contributed by atoms with Crippen molar-refractivity contribution in [2.75, 3.05) is 0 Å². The minimum Gasteiger partial charge on any atom is -0.350 e. The molecule has 3 rings (SSSR count). The molecule has 0 saturated heterocycles. The number of carbonyl (C=O) groups excluding carboxylic acids is 1. The molecule has 1 heterocycles. The van der Waals surface area contributed by atoms with E-state index in [0.29, 0.717) is 12.2 Å². The first kappa shape index (κ1) is 18.6. The van der Waals surface area contributed by atoms with Gasteiger partial charge in [0.1, 0.15) is 6.54 Å². The Kier molecular flexibility index (Phi) is 5.50. The minimum atomic E-state index is -0.297. The van der Waals surface area contributed by atoms with Crippen molar-refractivity contribution in [3.8, 4) is 11.3 Å². The van der Waals surface area contributed by atoms with E-state index in [1.807, 2.05) is 57.2 Å². The lowest BCUT2D eigenvalue weighted by molar-refractivity contribution is -0.122. The highest BCUT2D eigenvalue weighted by atomic mass is 16.2. The van der Waals surface area contributed by atoms with Crippen LogP contribution < -0.4 is 10.9 Å². The van der Waals surface area contributed by atoms with Gasteiger partial charge in [0, 0.05) is 18.2 Å². The lowest BCUT2D eigenvalue weighted by Gasteiger charge is -2.10. The Balaban J connectivity index is 1.73. The Labute approximate surface area is 158 Å². The molecule has 27 heavy (non-hydrogen) atoms. The Morgan fingerprint density at radius 2 is 1.67 bits per heavy atom. The minimum absolute atomic E-state index is 0.108. The number of aryl methyl sites for hydroxylation is 3. The molecule has 0 saturated carbocycles. The van der Waals surface area contributed by atoms with Gasteiger partial charge in [-0.2, -0.15) is 5.10 Å². The molecule has 5 nitrogen and oxygen atoms in total. The van der Waals surface area contributed by atoms with Crippen LogP contribution in [0.1, 0.15) is 22.3 Å². The van der Waals surface area contributed by atoms with Crippen LogP contribution in [0.5, 0.6) is 0 Å². The number of hydrogen-bond acceptors (Lipinski definition) is 3. The van der Waals surface area contributed by atoms with Gasteiger partial charge < -0.3 is 5.32 Å². The average Bonchev–Trinajstić information content (AvgIpc) is 2.63. The van der Waals surface area contributed by atoms with Gasteiger partial charge in [0.2, 0.25) is 5.91 Å². The predicted molar refractivity (Wildman–Crippen MR) is 106 cm³/mol. The summed E-state index contributed by atoms with van der Waals surface area (Å²) in [6, 6.07) is 17.2. The summed E-state index contributed by atoms with van der Waals surface area (Å²) in [5.74, 6) is -0.247. The van der Waals surface area contributed by atoms with E-state index >= 15 is 0 Å². The molecule has 1 N–H and O–H groups in total. The van der Waals surface area contributed by atoms with Gasteiger partial charge in [-0.3, -0.25) is 9.59 Å². The van der Waals surface area contributed by atoms with Crippen molar-refractivity contribution in [1.29, 1.82) is 0 Å². The van der Waals surface area contributed by atoms with Crippen LogP contribution in [0.15, 0.2) is 59.4 Å². The summed E-state index contributed by atoms with van der Waals surface area (Å²) >= 11 is 0. The molecule has 0 atom stereocenters. The fourth-order valence-electron chi connectivity index (χ4n) is 2.91. The van der Waals surface area contributed by atoms with Crippen LogP contribution in [-0.2, 0) is 17.9 Å². The van der Waals surface area contributed by atoms with E-state index in [1.54, 1.807) is 6.07 Å². The lowest BCUT2D eigenvalue weighted by atomic mass is 10.0. The van der Waals surface area contributed by atoms with Crippen molar-refractivity contribution in [3.05, 3.63) is 87.2 Å². The first-order valence-electron chi connectivity index (χ1n) is 8.90. The maximum atomic E-state index is 12.3. The smallest absolute Gasteiger partial charge is 0.267 e. The van der Waals surface area contributed by atoms with Crippen molar-refractivity contribution < 1.29 is 4.79 Å². The fourth-order valence-corrected chi connectivity index (χ4v) is 2.91. The second kappa shape index (κ2) is 7.99. The van der Waals surface area contributed by atoms with Crippen molar-refractivity contribution in [1.82, 2.24) is 15.1 Å². The molecule has 0 aliphatic heterocycles.